The molecule has 1 fully saturated rings. The molecule has 3 rings (SSSR count). The Labute approximate surface area is 150 Å². The van der Waals surface area contributed by atoms with Gasteiger partial charge in [0.25, 0.3) is 0 Å². The van der Waals surface area contributed by atoms with Gasteiger partial charge < -0.3 is 9.73 Å². The average molecular weight is 354 g/mol. The Bertz CT molecular complexity index is 616. The molecule has 1 aliphatic rings. The predicted molar refractivity (Wildman–Crippen MR) is 99.5 cm³/mol. The Morgan fingerprint density at radius 1 is 1.09 bits per heavy atom. The number of furan rings is 1. The zero-order valence-electron chi connectivity index (χ0n) is 13.6. The monoisotopic (exact) mass is 353 g/mol. The van der Waals surface area contributed by atoms with Crippen LogP contribution in [0.25, 0.3) is 11.3 Å². The lowest BCUT2D eigenvalue weighted by Gasteiger charge is -2.14. The van der Waals surface area contributed by atoms with E-state index in [9.17, 15) is 0 Å². The topological polar surface area (TPSA) is 25.2 Å². The molecule has 2 aromatic rings. The minimum Gasteiger partial charge on any atom is -0.460 e. The fourth-order valence-electron chi connectivity index (χ4n) is 3.10. The number of benzene rings is 1. The zero-order valence-corrected chi connectivity index (χ0v) is 15.2. The fourth-order valence-corrected chi connectivity index (χ4v) is 3.28. The summed E-state index contributed by atoms with van der Waals surface area (Å²) in [6, 6.07) is 10.8. The first-order valence-corrected chi connectivity index (χ1v) is 8.69. The van der Waals surface area contributed by atoms with Crippen LogP contribution in [-0.2, 0) is 6.54 Å². The summed E-state index contributed by atoms with van der Waals surface area (Å²) in [5, 5.41) is 4.43. The molecule has 1 aromatic carbocycles. The van der Waals surface area contributed by atoms with Crippen LogP contribution in [0.1, 0.15) is 49.8 Å². The number of nitrogens with one attached hydrogen (secondary N) is 1. The number of hydrogen-bond donors (Lipinski definition) is 1. The molecule has 0 aliphatic heterocycles. The lowest BCUT2D eigenvalue weighted by Crippen LogP contribution is -2.27. The van der Waals surface area contributed by atoms with Gasteiger partial charge in [-0.3, -0.25) is 0 Å². The molecule has 126 valence electrons. The van der Waals surface area contributed by atoms with Gasteiger partial charge in [-0.2, -0.15) is 0 Å². The first-order valence-electron chi connectivity index (χ1n) is 8.31. The Morgan fingerprint density at radius 2 is 1.83 bits per heavy atom. The lowest BCUT2D eigenvalue weighted by molar-refractivity contribution is 0.420. The van der Waals surface area contributed by atoms with Gasteiger partial charge in [0.05, 0.1) is 6.54 Å². The Morgan fingerprint density at radius 3 is 2.52 bits per heavy atom. The first-order chi connectivity index (χ1) is 10.7. The molecule has 0 atom stereocenters. The highest BCUT2D eigenvalue weighted by Crippen LogP contribution is 2.27. The molecule has 1 aliphatic carbocycles. The second-order valence-electron chi connectivity index (χ2n) is 6.30. The molecule has 0 spiro atoms. The van der Waals surface area contributed by atoms with Crippen LogP contribution in [0.5, 0.6) is 0 Å². The number of aryl methyl sites for hydroxylation is 1. The smallest absolute Gasteiger partial charge is 0.134 e. The fraction of sp³-hybridized carbons (Fsp3) is 0.474. The van der Waals surface area contributed by atoms with Crippen molar-refractivity contribution in [2.24, 2.45) is 0 Å². The van der Waals surface area contributed by atoms with Gasteiger partial charge in [0, 0.05) is 16.6 Å². The Balaban J connectivity index is 0.00000192. The third-order valence-corrected chi connectivity index (χ3v) is 4.95. The molecule has 1 aromatic heterocycles. The van der Waals surface area contributed by atoms with Crippen LogP contribution in [0.2, 0.25) is 5.02 Å². The first kappa shape index (κ1) is 18.4. The van der Waals surface area contributed by atoms with E-state index in [4.69, 9.17) is 16.0 Å². The van der Waals surface area contributed by atoms with Crippen molar-refractivity contribution in [3.05, 3.63) is 46.7 Å². The van der Waals surface area contributed by atoms with Gasteiger partial charge in [-0.05, 0) is 43.5 Å². The number of hydrogen-bond acceptors (Lipinski definition) is 2. The van der Waals surface area contributed by atoms with Gasteiger partial charge in [0.1, 0.15) is 11.5 Å². The second-order valence-corrected chi connectivity index (χ2v) is 6.71. The van der Waals surface area contributed by atoms with E-state index in [1.807, 2.05) is 25.1 Å². The maximum Gasteiger partial charge on any atom is 0.134 e. The third kappa shape index (κ3) is 5.00. The highest BCUT2D eigenvalue weighted by molar-refractivity contribution is 6.31. The summed E-state index contributed by atoms with van der Waals surface area (Å²) in [5.74, 6) is 1.88. The van der Waals surface area contributed by atoms with Crippen molar-refractivity contribution in [3.63, 3.8) is 0 Å². The summed E-state index contributed by atoms with van der Waals surface area (Å²) in [5.41, 5.74) is 2.13. The predicted octanol–water partition coefficient (Wildman–Crippen LogP) is 6.14. The summed E-state index contributed by atoms with van der Waals surface area (Å²) in [6.07, 6.45) is 8.06. The summed E-state index contributed by atoms with van der Waals surface area (Å²) in [6.45, 7) is 2.82. The maximum absolute atomic E-state index is 6.19. The highest BCUT2D eigenvalue weighted by Gasteiger charge is 2.12. The van der Waals surface area contributed by atoms with Crippen LogP contribution < -0.4 is 5.32 Å². The van der Waals surface area contributed by atoms with Crippen LogP contribution in [0.3, 0.4) is 0 Å². The maximum atomic E-state index is 6.19. The van der Waals surface area contributed by atoms with Crippen LogP contribution in [0.4, 0.5) is 0 Å². The molecule has 0 bridgehead atoms. The van der Waals surface area contributed by atoms with Crippen molar-refractivity contribution < 1.29 is 4.42 Å². The average Bonchev–Trinajstić information content (AvgIpc) is 2.83. The summed E-state index contributed by atoms with van der Waals surface area (Å²) in [7, 11) is 0. The van der Waals surface area contributed by atoms with Crippen LogP contribution in [0, 0.1) is 6.92 Å². The van der Waals surface area contributed by atoms with E-state index in [0.29, 0.717) is 6.04 Å². The molecule has 23 heavy (non-hydrogen) atoms. The van der Waals surface area contributed by atoms with Gasteiger partial charge in [-0.15, -0.1) is 12.4 Å². The molecule has 1 saturated carbocycles. The quantitative estimate of drug-likeness (QED) is 0.667. The molecule has 0 radical (unpaired) electrons. The second kappa shape index (κ2) is 8.77. The van der Waals surface area contributed by atoms with Gasteiger partial charge in [0.15, 0.2) is 0 Å². The lowest BCUT2D eigenvalue weighted by atomic mass is 10.1. The third-order valence-electron chi connectivity index (χ3n) is 4.54. The molecule has 0 amide bonds. The van der Waals surface area contributed by atoms with E-state index >= 15 is 0 Å². The Hall–Kier alpha value is -0.960. The Kier molecular flexibility index (Phi) is 7.01. The van der Waals surface area contributed by atoms with Gasteiger partial charge >= 0.3 is 0 Å². The minimum absolute atomic E-state index is 0. The van der Waals surface area contributed by atoms with E-state index in [1.165, 1.54) is 38.5 Å². The zero-order chi connectivity index (χ0) is 15.4. The molecule has 0 saturated heterocycles. The van der Waals surface area contributed by atoms with Crippen LogP contribution >= 0.6 is 24.0 Å². The highest BCUT2D eigenvalue weighted by atomic mass is 35.5. The van der Waals surface area contributed by atoms with E-state index < -0.39 is 0 Å². The van der Waals surface area contributed by atoms with E-state index in [2.05, 4.69) is 17.4 Å². The van der Waals surface area contributed by atoms with Crippen molar-refractivity contribution >= 4 is 24.0 Å². The van der Waals surface area contributed by atoms with Gasteiger partial charge in [-0.1, -0.05) is 49.4 Å². The number of rotatable bonds is 4. The minimum atomic E-state index is 0. The molecular formula is C19H25Cl2NO. The normalized spacial score (nSPS) is 15.9. The molecule has 0 unspecified atom stereocenters. The van der Waals surface area contributed by atoms with Gasteiger partial charge in [-0.25, -0.2) is 0 Å². The molecule has 1 N–H and O–H groups in total. The molecular weight excluding hydrogens is 329 g/mol. The van der Waals surface area contributed by atoms with E-state index in [1.54, 1.807) is 0 Å². The van der Waals surface area contributed by atoms with Crippen molar-refractivity contribution in [3.8, 4) is 11.3 Å². The van der Waals surface area contributed by atoms with Crippen molar-refractivity contribution in [2.75, 3.05) is 0 Å². The van der Waals surface area contributed by atoms with Crippen LogP contribution in [-0.4, -0.2) is 6.04 Å². The summed E-state index contributed by atoms with van der Waals surface area (Å²) >= 11 is 6.19. The van der Waals surface area contributed by atoms with Crippen molar-refractivity contribution in [1.82, 2.24) is 5.32 Å². The molecule has 4 heteroatoms. The summed E-state index contributed by atoms with van der Waals surface area (Å²) < 4.78 is 5.97. The molecule has 2 nitrogen and oxygen atoms in total. The van der Waals surface area contributed by atoms with Crippen molar-refractivity contribution in [2.45, 2.75) is 58.0 Å². The van der Waals surface area contributed by atoms with E-state index in [0.717, 1.165) is 34.2 Å². The summed E-state index contributed by atoms with van der Waals surface area (Å²) in [4.78, 5) is 0. The van der Waals surface area contributed by atoms with Crippen LogP contribution in [0.15, 0.2) is 34.7 Å². The van der Waals surface area contributed by atoms with E-state index in [-0.39, 0.29) is 12.4 Å². The standard InChI is InChI=1S/C19H24ClNO.ClH/c1-14-8-9-15(12-18(14)20)19-11-10-17(22-19)13-21-16-6-4-2-3-5-7-16;/h8-12,16,21H,2-7,13H2,1H3;1H. The largest absolute Gasteiger partial charge is 0.460 e. The number of halogens is 2. The van der Waals surface area contributed by atoms with Crippen molar-refractivity contribution in [1.29, 1.82) is 0 Å². The van der Waals surface area contributed by atoms with Gasteiger partial charge in [0.2, 0.25) is 0 Å². The SMILES string of the molecule is Cc1ccc(-c2ccc(CNC3CCCCCC3)o2)cc1Cl.Cl. The molecule has 1 heterocycles.